The molecule has 2 fully saturated rings. The molecule has 22 heavy (non-hydrogen) atoms. The van der Waals surface area contributed by atoms with Gasteiger partial charge in [-0.1, -0.05) is 23.2 Å². The minimum atomic E-state index is -0.160. The van der Waals surface area contributed by atoms with E-state index in [1.807, 2.05) is 0 Å². The van der Waals surface area contributed by atoms with Gasteiger partial charge < -0.3 is 10.1 Å². The summed E-state index contributed by atoms with van der Waals surface area (Å²) in [5.74, 6) is -0.160. The van der Waals surface area contributed by atoms with Gasteiger partial charge in [0.15, 0.2) is 0 Å². The molecule has 4 nitrogen and oxygen atoms in total. The van der Waals surface area contributed by atoms with Gasteiger partial charge in [-0.05, 0) is 37.5 Å². The smallest absolute Gasteiger partial charge is 0.252 e. The Morgan fingerprint density at radius 1 is 1.27 bits per heavy atom. The number of nitrogens with one attached hydrogen (secondary N) is 1. The van der Waals surface area contributed by atoms with Crippen LogP contribution in [0.4, 0.5) is 0 Å². The average molecular weight is 343 g/mol. The Bertz CT molecular complexity index is 555. The molecule has 0 spiro atoms. The lowest BCUT2D eigenvalue weighted by atomic mass is 9.75. The maximum Gasteiger partial charge on any atom is 0.252 e. The van der Waals surface area contributed by atoms with E-state index >= 15 is 0 Å². The molecule has 1 aromatic rings. The molecule has 0 atom stereocenters. The molecule has 1 aliphatic carbocycles. The lowest BCUT2D eigenvalue weighted by molar-refractivity contribution is -0.0540. The number of amides is 1. The topological polar surface area (TPSA) is 41.6 Å². The largest absolute Gasteiger partial charge is 0.379 e. The summed E-state index contributed by atoms with van der Waals surface area (Å²) in [5.41, 5.74) is 0.524. The number of rotatable bonds is 4. The van der Waals surface area contributed by atoms with E-state index in [1.54, 1.807) is 18.2 Å². The van der Waals surface area contributed by atoms with Crippen molar-refractivity contribution in [2.75, 3.05) is 32.8 Å². The monoisotopic (exact) mass is 342 g/mol. The number of benzene rings is 1. The molecule has 1 aliphatic heterocycles. The highest BCUT2D eigenvalue weighted by molar-refractivity contribution is 6.35. The lowest BCUT2D eigenvalue weighted by Gasteiger charge is -2.51. The van der Waals surface area contributed by atoms with Gasteiger partial charge in [0, 0.05) is 30.2 Å². The summed E-state index contributed by atoms with van der Waals surface area (Å²) >= 11 is 12.0. The number of carbonyl (C=O) groups is 1. The summed E-state index contributed by atoms with van der Waals surface area (Å²) in [6, 6.07) is 4.95. The van der Waals surface area contributed by atoms with Crippen LogP contribution >= 0.6 is 23.2 Å². The van der Waals surface area contributed by atoms with Crippen LogP contribution < -0.4 is 5.32 Å². The average Bonchev–Trinajstić information content (AvgIpc) is 2.49. The van der Waals surface area contributed by atoms with E-state index < -0.39 is 0 Å². The molecule has 120 valence electrons. The van der Waals surface area contributed by atoms with E-state index in [1.165, 1.54) is 6.42 Å². The van der Waals surface area contributed by atoms with Crippen LogP contribution in [0.1, 0.15) is 29.6 Å². The van der Waals surface area contributed by atoms with E-state index in [9.17, 15) is 4.79 Å². The number of carbonyl (C=O) groups excluding carboxylic acids is 1. The van der Waals surface area contributed by atoms with E-state index in [-0.39, 0.29) is 11.4 Å². The van der Waals surface area contributed by atoms with Crippen molar-refractivity contribution < 1.29 is 9.53 Å². The molecule has 3 rings (SSSR count). The second-order valence-corrected chi connectivity index (χ2v) is 6.83. The fraction of sp³-hybridized carbons (Fsp3) is 0.562. The van der Waals surface area contributed by atoms with Gasteiger partial charge in [0.05, 0.1) is 23.8 Å². The van der Waals surface area contributed by atoms with Crippen molar-refractivity contribution in [1.82, 2.24) is 10.2 Å². The van der Waals surface area contributed by atoms with Crippen molar-refractivity contribution in [1.29, 1.82) is 0 Å². The van der Waals surface area contributed by atoms with Gasteiger partial charge in [0.25, 0.3) is 5.91 Å². The maximum atomic E-state index is 12.4. The van der Waals surface area contributed by atoms with Crippen molar-refractivity contribution in [3.05, 3.63) is 33.8 Å². The van der Waals surface area contributed by atoms with E-state index in [0.29, 0.717) is 22.2 Å². The molecule has 2 aliphatic rings. The number of hydrogen-bond donors (Lipinski definition) is 1. The number of hydrogen-bond acceptors (Lipinski definition) is 3. The van der Waals surface area contributed by atoms with E-state index in [4.69, 9.17) is 27.9 Å². The van der Waals surface area contributed by atoms with Crippen molar-refractivity contribution in [2.45, 2.75) is 24.8 Å². The van der Waals surface area contributed by atoms with E-state index in [0.717, 1.165) is 39.1 Å². The highest BCUT2D eigenvalue weighted by atomic mass is 35.5. The molecule has 0 radical (unpaired) electrons. The standard InChI is InChI=1S/C16H20Cl2N2O2/c17-12-2-3-14(18)13(10-12)15(21)19-11-16(4-1-5-16)20-6-8-22-9-7-20/h2-3,10H,1,4-9,11H2,(H,19,21). The Morgan fingerprint density at radius 2 is 2.00 bits per heavy atom. The van der Waals surface area contributed by atoms with Gasteiger partial charge in [0.2, 0.25) is 0 Å². The number of morpholine rings is 1. The first-order valence-corrected chi connectivity index (χ1v) is 8.42. The molecule has 0 bridgehead atoms. The van der Waals surface area contributed by atoms with Gasteiger partial charge in [-0.3, -0.25) is 9.69 Å². The molecule has 1 saturated heterocycles. The molecular weight excluding hydrogens is 323 g/mol. The molecule has 1 aromatic carbocycles. The first-order valence-electron chi connectivity index (χ1n) is 7.67. The first kappa shape index (κ1) is 16.1. The van der Waals surface area contributed by atoms with Crippen LogP contribution in [0.2, 0.25) is 10.0 Å². The summed E-state index contributed by atoms with van der Waals surface area (Å²) in [6.45, 7) is 4.07. The molecular formula is C16H20Cl2N2O2. The zero-order valence-electron chi connectivity index (χ0n) is 12.4. The molecule has 1 N–H and O–H groups in total. The Balaban J connectivity index is 1.65. The van der Waals surface area contributed by atoms with Gasteiger partial charge in [-0.25, -0.2) is 0 Å². The fourth-order valence-corrected chi connectivity index (χ4v) is 3.61. The molecule has 1 amide bonds. The third-order valence-electron chi connectivity index (χ3n) is 4.72. The second-order valence-electron chi connectivity index (χ2n) is 5.98. The van der Waals surface area contributed by atoms with Crippen LogP contribution in [-0.2, 0) is 4.74 Å². The minimum absolute atomic E-state index is 0.0878. The number of ether oxygens (including phenoxy) is 1. The van der Waals surface area contributed by atoms with E-state index in [2.05, 4.69) is 10.2 Å². The van der Waals surface area contributed by atoms with Crippen LogP contribution in [0.25, 0.3) is 0 Å². The van der Waals surface area contributed by atoms with Crippen molar-refractivity contribution in [2.24, 2.45) is 0 Å². The third kappa shape index (κ3) is 3.25. The van der Waals surface area contributed by atoms with Crippen LogP contribution in [-0.4, -0.2) is 49.2 Å². The highest BCUT2D eigenvalue weighted by Gasteiger charge is 2.43. The zero-order valence-corrected chi connectivity index (χ0v) is 13.9. The quantitative estimate of drug-likeness (QED) is 0.914. The number of nitrogens with zero attached hydrogens (tertiary/aromatic N) is 1. The normalized spacial score (nSPS) is 21.2. The van der Waals surface area contributed by atoms with Crippen LogP contribution in [0.5, 0.6) is 0 Å². The Kier molecular flexibility index (Phi) is 4.93. The Hall–Kier alpha value is -0.810. The van der Waals surface area contributed by atoms with Crippen LogP contribution in [0.3, 0.4) is 0 Å². The predicted octanol–water partition coefficient (Wildman–Crippen LogP) is 2.98. The van der Waals surface area contributed by atoms with Gasteiger partial charge in [-0.15, -0.1) is 0 Å². The molecule has 1 heterocycles. The molecule has 1 saturated carbocycles. The summed E-state index contributed by atoms with van der Waals surface area (Å²) in [6.07, 6.45) is 3.46. The summed E-state index contributed by atoms with van der Waals surface area (Å²) in [5, 5.41) is 3.98. The molecule has 0 aromatic heterocycles. The zero-order chi connectivity index (χ0) is 15.6. The molecule has 6 heteroatoms. The van der Waals surface area contributed by atoms with Crippen LogP contribution in [0.15, 0.2) is 18.2 Å². The number of halogens is 2. The first-order chi connectivity index (χ1) is 10.6. The van der Waals surface area contributed by atoms with Crippen molar-refractivity contribution >= 4 is 29.1 Å². The van der Waals surface area contributed by atoms with Gasteiger partial charge >= 0.3 is 0 Å². The lowest BCUT2D eigenvalue weighted by Crippen LogP contribution is -2.62. The predicted molar refractivity (Wildman–Crippen MR) is 87.8 cm³/mol. The fourth-order valence-electron chi connectivity index (χ4n) is 3.24. The van der Waals surface area contributed by atoms with Gasteiger partial charge in [-0.2, -0.15) is 0 Å². The van der Waals surface area contributed by atoms with Crippen molar-refractivity contribution in [3.8, 4) is 0 Å². The highest BCUT2D eigenvalue weighted by Crippen LogP contribution is 2.37. The third-order valence-corrected chi connectivity index (χ3v) is 5.28. The van der Waals surface area contributed by atoms with Crippen molar-refractivity contribution in [3.63, 3.8) is 0 Å². The summed E-state index contributed by atoms with van der Waals surface area (Å²) in [7, 11) is 0. The van der Waals surface area contributed by atoms with Crippen LogP contribution in [0, 0.1) is 0 Å². The second kappa shape index (κ2) is 6.75. The minimum Gasteiger partial charge on any atom is -0.379 e. The molecule has 0 unspecified atom stereocenters. The Labute approximate surface area is 140 Å². The Morgan fingerprint density at radius 3 is 2.64 bits per heavy atom. The summed E-state index contributed by atoms with van der Waals surface area (Å²) in [4.78, 5) is 14.8. The van der Waals surface area contributed by atoms with Gasteiger partial charge in [0.1, 0.15) is 0 Å². The maximum absolute atomic E-state index is 12.4. The summed E-state index contributed by atoms with van der Waals surface area (Å²) < 4.78 is 5.43. The SMILES string of the molecule is O=C(NCC1(N2CCOCC2)CCC1)c1cc(Cl)ccc1Cl.